The van der Waals surface area contributed by atoms with Gasteiger partial charge in [-0.2, -0.15) is 0 Å². The Morgan fingerprint density at radius 2 is 2.00 bits per heavy atom. The molecule has 0 spiro atoms. The summed E-state index contributed by atoms with van der Waals surface area (Å²) in [6, 6.07) is 3.70. The second-order valence-corrected chi connectivity index (χ2v) is 6.34. The van der Waals surface area contributed by atoms with E-state index in [4.69, 9.17) is 0 Å². The summed E-state index contributed by atoms with van der Waals surface area (Å²) < 4.78 is 1.92. The molecule has 1 aliphatic rings. The number of rotatable bonds is 6. The Labute approximate surface area is 148 Å². The second kappa shape index (κ2) is 8.62. The van der Waals surface area contributed by atoms with E-state index in [9.17, 15) is 4.79 Å². The number of aryl methyl sites for hydroxylation is 1. The van der Waals surface area contributed by atoms with Crippen LogP contribution >= 0.6 is 0 Å². The van der Waals surface area contributed by atoms with Gasteiger partial charge in [-0.3, -0.25) is 4.57 Å². The molecule has 1 saturated heterocycles. The minimum atomic E-state index is -0.144. The van der Waals surface area contributed by atoms with Gasteiger partial charge in [0.25, 0.3) is 0 Å². The van der Waals surface area contributed by atoms with Gasteiger partial charge in [-0.05, 0) is 38.9 Å². The first-order chi connectivity index (χ1) is 12.2. The lowest BCUT2D eigenvalue weighted by atomic mass is 10.1. The van der Waals surface area contributed by atoms with Crippen LogP contribution in [0.4, 0.5) is 4.79 Å². The number of amides is 2. The van der Waals surface area contributed by atoms with Gasteiger partial charge in [0.2, 0.25) is 0 Å². The monoisotopic (exact) mass is 342 g/mol. The Morgan fingerprint density at radius 1 is 1.16 bits per heavy atom. The molecule has 3 heterocycles. The van der Waals surface area contributed by atoms with Gasteiger partial charge in [0.05, 0.1) is 0 Å². The Hall–Kier alpha value is -2.41. The first kappa shape index (κ1) is 17.4. The van der Waals surface area contributed by atoms with Crippen LogP contribution in [0.3, 0.4) is 0 Å². The molecular weight excluding hydrogens is 316 g/mol. The van der Waals surface area contributed by atoms with E-state index < -0.39 is 0 Å². The van der Waals surface area contributed by atoms with Crippen molar-refractivity contribution in [2.45, 2.75) is 32.7 Å². The molecule has 2 aromatic heterocycles. The normalized spacial score (nSPS) is 15.1. The molecule has 2 N–H and O–H groups in total. The lowest BCUT2D eigenvalue weighted by molar-refractivity contribution is 0.220. The Balaban J connectivity index is 1.48. The van der Waals surface area contributed by atoms with Crippen molar-refractivity contribution in [2.75, 3.05) is 26.2 Å². The van der Waals surface area contributed by atoms with Gasteiger partial charge in [0.1, 0.15) is 11.6 Å². The van der Waals surface area contributed by atoms with Crippen molar-refractivity contribution in [2.24, 2.45) is 0 Å². The van der Waals surface area contributed by atoms with Crippen LogP contribution < -0.4 is 10.6 Å². The molecule has 2 aromatic rings. The van der Waals surface area contributed by atoms with Crippen LogP contribution in [0.15, 0.2) is 30.7 Å². The molecule has 0 saturated carbocycles. The SMILES string of the molecule is Cc1nccn1-c1ncccc1CNC(=O)NCCN1CCCCC1. The summed E-state index contributed by atoms with van der Waals surface area (Å²) in [7, 11) is 0. The molecule has 3 rings (SSSR count). The van der Waals surface area contributed by atoms with E-state index in [0.717, 1.165) is 36.8 Å². The molecule has 0 aromatic carbocycles. The van der Waals surface area contributed by atoms with Gasteiger partial charge in [-0.1, -0.05) is 12.5 Å². The maximum absolute atomic E-state index is 12.0. The fraction of sp³-hybridized carbons (Fsp3) is 0.500. The third kappa shape index (κ3) is 4.79. The van der Waals surface area contributed by atoms with Crippen molar-refractivity contribution in [3.63, 3.8) is 0 Å². The molecule has 0 unspecified atom stereocenters. The number of urea groups is 1. The van der Waals surface area contributed by atoms with Crippen molar-refractivity contribution >= 4 is 6.03 Å². The maximum atomic E-state index is 12.0. The predicted octanol–water partition coefficient (Wildman–Crippen LogP) is 1.86. The Bertz CT molecular complexity index is 692. The molecule has 2 amide bonds. The number of likely N-dealkylation sites (tertiary alicyclic amines) is 1. The van der Waals surface area contributed by atoms with Gasteiger partial charge in [-0.15, -0.1) is 0 Å². The molecule has 7 nitrogen and oxygen atoms in total. The van der Waals surface area contributed by atoms with Crippen LogP contribution in [0.25, 0.3) is 5.82 Å². The number of imidazole rings is 1. The highest BCUT2D eigenvalue weighted by Gasteiger charge is 2.11. The highest BCUT2D eigenvalue weighted by atomic mass is 16.2. The topological polar surface area (TPSA) is 75.1 Å². The van der Waals surface area contributed by atoms with E-state index in [2.05, 4.69) is 25.5 Å². The first-order valence-corrected chi connectivity index (χ1v) is 8.92. The Kier molecular flexibility index (Phi) is 6.00. The lowest BCUT2D eigenvalue weighted by Crippen LogP contribution is -2.41. The third-order valence-corrected chi connectivity index (χ3v) is 4.52. The summed E-state index contributed by atoms with van der Waals surface area (Å²) in [6.45, 7) is 6.24. The molecule has 1 aliphatic heterocycles. The molecule has 0 bridgehead atoms. The molecule has 1 fully saturated rings. The zero-order valence-electron chi connectivity index (χ0n) is 14.7. The number of nitrogens with one attached hydrogen (secondary N) is 2. The standard InChI is InChI=1S/C18H26N6O/c1-15-19-9-13-24(15)17-16(6-5-7-20-17)14-22-18(25)21-8-12-23-10-3-2-4-11-23/h5-7,9,13H,2-4,8,10-12,14H2,1H3,(H2,21,22,25). The van der Waals surface area contributed by atoms with Crippen molar-refractivity contribution in [3.8, 4) is 5.82 Å². The lowest BCUT2D eigenvalue weighted by Gasteiger charge is -2.26. The van der Waals surface area contributed by atoms with Crippen molar-refractivity contribution in [1.29, 1.82) is 0 Å². The largest absolute Gasteiger partial charge is 0.337 e. The van der Waals surface area contributed by atoms with Gasteiger partial charge in [0.15, 0.2) is 0 Å². The maximum Gasteiger partial charge on any atom is 0.315 e. The number of carbonyl (C=O) groups is 1. The summed E-state index contributed by atoms with van der Waals surface area (Å²) in [6.07, 6.45) is 9.23. The van der Waals surface area contributed by atoms with Gasteiger partial charge in [0, 0.05) is 43.8 Å². The van der Waals surface area contributed by atoms with Gasteiger partial charge < -0.3 is 15.5 Å². The van der Waals surface area contributed by atoms with E-state index in [1.54, 1.807) is 12.4 Å². The van der Waals surface area contributed by atoms with E-state index in [1.165, 1.54) is 19.3 Å². The first-order valence-electron chi connectivity index (χ1n) is 8.92. The van der Waals surface area contributed by atoms with E-state index in [0.29, 0.717) is 13.1 Å². The van der Waals surface area contributed by atoms with Crippen LogP contribution in [0, 0.1) is 6.92 Å². The number of hydrogen-bond acceptors (Lipinski definition) is 4. The molecule has 0 radical (unpaired) electrons. The van der Waals surface area contributed by atoms with Crippen molar-refractivity contribution in [3.05, 3.63) is 42.1 Å². The molecule has 25 heavy (non-hydrogen) atoms. The van der Waals surface area contributed by atoms with Crippen LogP contribution in [0.5, 0.6) is 0 Å². The van der Waals surface area contributed by atoms with Crippen LogP contribution in [0.1, 0.15) is 30.7 Å². The number of piperidine rings is 1. The average molecular weight is 342 g/mol. The fourth-order valence-corrected chi connectivity index (χ4v) is 3.14. The minimum Gasteiger partial charge on any atom is -0.337 e. The highest BCUT2D eigenvalue weighted by molar-refractivity contribution is 5.73. The summed E-state index contributed by atoms with van der Waals surface area (Å²) >= 11 is 0. The Morgan fingerprint density at radius 3 is 2.76 bits per heavy atom. The summed E-state index contributed by atoms with van der Waals surface area (Å²) in [5, 5.41) is 5.85. The van der Waals surface area contributed by atoms with Gasteiger partial charge in [-0.25, -0.2) is 14.8 Å². The van der Waals surface area contributed by atoms with Crippen LogP contribution in [-0.2, 0) is 6.54 Å². The summed E-state index contributed by atoms with van der Waals surface area (Å²) in [5.74, 6) is 1.66. The average Bonchev–Trinajstić information content (AvgIpc) is 3.07. The number of aromatic nitrogens is 3. The zero-order chi connectivity index (χ0) is 17.5. The molecule has 7 heteroatoms. The van der Waals surface area contributed by atoms with Crippen molar-refractivity contribution < 1.29 is 4.79 Å². The summed E-state index contributed by atoms with van der Waals surface area (Å²) in [4.78, 5) is 23.1. The third-order valence-electron chi connectivity index (χ3n) is 4.52. The van der Waals surface area contributed by atoms with E-state index in [-0.39, 0.29) is 6.03 Å². The number of carbonyl (C=O) groups excluding carboxylic acids is 1. The zero-order valence-corrected chi connectivity index (χ0v) is 14.7. The van der Waals surface area contributed by atoms with Crippen LogP contribution in [0.2, 0.25) is 0 Å². The smallest absolute Gasteiger partial charge is 0.315 e. The van der Waals surface area contributed by atoms with Crippen LogP contribution in [-0.4, -0.2) is 51.6 Å². The van der Waals surface area contributed by atoms with Gasteiger partial charge >= 0.3 is 6.03 Å². The molecular formula is C18H26N6O. The predicted molar refractivity (Wildman–Crippen MR) is 96.6 cm³/mol. The second-order valence-electron chi connectivity index (χ2n) is 6.34. The molecule has 0 aliphatic carbocycles. The highest BCUT2D eigenvalue weighted by Crippen LogP contribution is 2.13. The van der Waals surface area contributed by atoms with E-state index >= 15 is 0 Å². The molecule has 134 valence electrons. The minimum absolute atomic E-state index is 0.144. The summed E-state index contributed by atoms with van der Waals surface area (Å²) in [5.41, 5.74) is 0.954. The quantitative estimate of drug-likeness (QED) is 0.840. The number of pyridine rings is 1. The number of nitrogens with zero attached hydrogens (tertiary/aromatic N) is 4. The fourth-order valence-electron chi connectivity index (χ4n) is 3.14. The molecule has 0 atom stereocenters. The van der Waals surface area contributed by atoms with E-state index in [1.807, 2.05) is 29.8 Å². The van der Waals surface area contributed by atoms with Crippen molar-refractivity contribution in [1.82, 2.24) is 30.1 Å². The number of hydrogen-bond donors (Lipinski definition) is 2.